The van der Waals surface area contributed by atoms with Gasteiger partial charge in [0.1, 0.15) is 0 Å². The van der Waals surface area contributed by atoms with E-state index in [9.17, 15) is 4.79 Å². The Kier molecular flexibility index (Phi) is 4.31. The predicted octanol–water partition coefficient (Wildman–Crippen LogP) is 2.54. The monoisotopic (exact) mass is 315 g/mol. The van der Waals surface area contributed by atoms with E-state index in [2.05, 4.69) is 36.2 Å². The number of aryl methyl sites for hydroxylation is 1. The molecule has 0 saturated carbocycles. The second-order valence-corrected chi connectivity index (χ2v) is 6.33. The minimum absolute atomic E-state index is 0.287. The lowest BCUT2D eigenvalue weighted by atomic mass is 10.1. The molecule has 0 radical (unpaired) electrons. The number of rotatable bonds is 4. The van der Waals surface area contributed by atoms with E-state index in [0.29, 0.717) is 17.6 Å². The first-order valence-corrected chi connectivity index (χ1v) is 8.22. The molecule has 5 nitrogen and oxygen atoms in total. The minimum atomic E-state index is -0.287. The number of anilines is 1. The van der Waals surface area contributed by atoms with Crippen molar-refractivity contribution in [2.24, 2.45) is 7.05 Å². The summed E-state index contributed by atoms with van der Waals surface area (Å²) in [7, 11) is 3.39. The number of hydrogen-bond donors (Lipinski definition) is 1. The first kappa shape index (κ1) is 15.9. The number of hydrogen-bond acceptors (Lipinski definition) is 4. The number of nitrogens with zero attached hydrogens (tertiary/aromatic N) is 2. The van der Waals surface area contributed by atoms with Gasteiger partial charge in [-0.15, -0.1) is 0 Å². The largest absolute Gasteiger partial charge is 0.465 e. The summed E-state index contributed by atoms with van der Waals surface area (Å²) in [5.41, 5.74) is 2.88. The number of aromatic nitrogens is 1. The van der Waals surface area contributed by atoms with E-state index in [4.69, 9.17) is 4.74 Å². The average Bonchev–Trinajstić information content (AvgIpc) is 3.12. The normalized spacial score (nSPS) is 20.9. The molecule has 1 aromatic carbocycles. The van der Waals surface area contributed by atoms with Gasteiger partial charge in [0.25, 0.3) is 0 Å². The molecule has 23 heavy (non-hydrogen) atoms. The lowest BCUT2D eigenvalue weighted by Crippen LogP contribution is -2.36. The topological polar surface area (TPSA) is 46.5 Å². The van der Waals surface area contributed by atoms with Crippen molar-refractivity contribution in [2.75, 3.05) is 25.1 Å². The first-order valence-electron chi connectivity index (χ1n) is 8.22. The lowest BCUT2D eigenvalue weighted by Gasteiger charge is -2.29. The third kappa shape index (κ3) is 2.81. The van der Waals surface area contributed by atoms with Gasteiger partial charge >= 0.3 is 5.97 Å². The van der Waals surface area contributed by atoms with Gasteiger partial charge in [-0.1, -0.05) is 0 Å². The van der Waals surface area contributed by atoms with Gasteiger partial charge < -0.3 is 19.5 Å². The Bertz CT molecular complexity index is 722. The molecule has 1 aliphatic rings. The van der Waals surface area contributed by atoms with E-state index in [1.807, 2.05) is 23.9 Å². The summed E-state index contributed by atoms with van der Waals surface area (Å²) in [6.07, 6.45) is 3.00. The van der Waals surface area contributed by atoms with Gasteiger partial charge in [-0.3, -0.25) is 0 Å². The standard InChI is InChI=1S/C18H25N3O2/c1-5-21(14-8-12(2)19-10-14)13-6-7-15-16(18(22)23-4)11-20(3)17(15)9-13/h6-7,9,11-12,14,19H,5,8,10H2,1-4H3. The van der Waals surface area contributed by atoms with Crippen molar-refractivity contribution in [3.63, 3.8) is 0 Å². The number of likely N-dealkylation sites (N-methyl/N-ethyl adjacent to an activating group) is 1. The molecule has 2 aromatic rings. The van der Waals surface area contributed by atoms with Crippen molar-refractivity contribution >= 4 is 22.6 Å². The number of esters is 1. The van der Waals surface area contributed by atoms with Crippen LogP contribution < -0.4 is 10.2 Å². The predicted molar refractivity (Wildman–Crippen MR) is 93.1 cm³/mol. The van der Waals surface area contributed by atoms with Crippen LogP contribution >= 0.6 is 0 Å². The number of carbonyl (C=O) groups excluding carboxylic acids is 1. The maximum Gasteiger partial charge on any atom is 0.340 e. The highest BCUT2D eigenvalue weighted by molar-refractivity contribution is 6.05. The number of carbonyl (C=O) groups is 1. The number of nitrogens with one attached hydrogen (secondary N) is 1. The quantitative estimate of drug-likeness (QED) is 0.881. The molecule has 0 amide bonds. The first-order chi connectivity index (χ1) is 11.0. The minimum Gasteiger partial charge on any atom is -0.465 e. The smallest absolute Gasteiger partial charge is 0.340 e. The molecule has 2 unspecified atom stereocenters. The lowest BCUT2D eigenvalue weighted by molar-refractivity contribution is 0.0603. The highest BCUT2D eigenvalue weighted by Gasteiger charge is 2.26. The van der Waals surface area contributed by atoms with Crippen LogP contribution in [-0.2, 0) is 11.8 Å². The Morgan fingerprint density at radius 3 is 2.87 bits per heavy atom. The third-order valence-electron chi connectivity index (χ3n) is 4.82. The van der Waals surface area contributed by atoms with Gasteiger partial charge in [0.2, 0.25) is 0 Å². The number of methoxy groups -OCH3 is 1. The zero-order valence-corrected chi connectivity index (χ0v) is 14.3. The van der Waals surface area contributed by atoms with Crippen molar-refractivity contribution in [1.29, 1.82) is 0 Å². The van der Waals surface area contributed by atoms with Crippen LogP contribution in [0, 0.1) is 0 Å². The molecule has 0 bridgehead atoms. The van der Waals surface area contributed by atoms with E-state index >= 15 is 0 Å². The van der Waals surface area contributed by atoms with E-state index < -0.39 is 0 Å². The molecule has 1 aliphatic heterocycles. The van der Waals surface area contributed by atoms with Gasteiger partial charge in [-0.25, -0.2) is 4.79 Å². The molecule has 0 spiro atoms. The number of ether oxygens (including phenoxy) is 1. The van der Waals surface area contributed by atoms with Crippen molar-refractivity contribution in [3.8, 4) is 0 Å². The highest BCUT2D eigenvalue weighted by atomic mass is 16.5. The Labute approximate surface area is 137 Å². The van der Waals surface area contributed by atoms with Gasteiger partial charge in [0.15, 0.2) is 0 Å². The van der Waals surface area contributed by atoms with E-state index in [0.717, 1.165) is 30.4 Å². The fraction of sp³-hybridized carbons (Fsp3) is 0.500. The number of benzene rings is 1. The molecule has 0 aliphatic carbocycles. The molecule has 1 aromatic heterocycles. The zero-order valence-electron chi connectivity index (χ0n) is 14.3. The summed E-state index contributed by atoms with van der Waals surface area (Å²) in [4.78, 5) is 14.4. The van der Waals surface area contributed by atoms with Crippen LogP contribution in [0.1, 0.15) is 30.6 Å². The van der Waals surface area contributed by atoms with Crippen LogP contribution in [0.5, 0.6) is 0 Å². The molecular weight excluding hydrogens is 290 g/mol. The SMILES string of the molecule is CCN(c1ccc2c(C(=O)OC)cn(C)c2c1)C1CNC(C)C1. The van der Waals surface area contributed by atoms with Gasteiger partial charge in [-0.2, -0.15) is 0 Å². The molecule has 5 heteroatoms. The van der Waals surface area contributed by atoms with E-state index in [1.54, 1.807) is 0 Å². The maximum atomic E-state index is 11.9. The van der Waals surface area contributed by atoms with Gasteiger partial charge in [0, 0.05) is 49.5 Å². The van der Waals surface area contributed by atoms with Crippen molar-refractivity contribution in [1.82, 2.24) is 9.88 Å². The van der Waals surface area contributed by atoms with Crippen LogP contribution in [-0.4, -0.2) is 42.8 Å². The Morgan fingerprint density at radius 1 is 1.48 bits per heavy atom. The molecule has 3 rings (SSSR count). The molecular formula is C18H25N3O2. The summed E-state index contributed by atoms with van der Waals surface area (Å²) in [6, 6.07) is 7.41. The van der Waals surface area contributed by atoms with Crippen LogP contribution in [0.4, 0.5) is 5.69 Å². The van der Waals surface area contributed by atoms with Crippen molar-refractivity contribution < 1.29 is 9.53 Å². The van der Waals surface area contributed by atoms with Gasteiger partial charge in [-0.05, 0) is 38.5 Å². The molecule has 1 N–H and O–H groups in total. The number of fused-ring (bicyclic) bond motifs is 1. The highest BCUT2D eigenvalue weighted by Crippen LogP contribution is 2.29. The van der Waals surface area contributed by atoms with Crippen molar-refractivity contribution in [2.45, 2.75) is 32.4 Å². The van der Waals surface area contributed by atoms with Crippen molar-refractivity contribution in [3.05, 3.63) is 30.0 Å². The summed E-state index contributed by atoms with van der Waals surface area (Å²) in [6.45, 7) is 6.42. The molecule has 2 heterocycles. The molecule has 1 fully saturated rings. The van der Waals surface area contributed by atoms with Crippen LogP contribution in [0.25, 0.3) is 10.9 Å². The second-order valence-electron chi connectivity index (χ2n) is 6.33. The molecule has 1 saturated heterocycles. The zero-order chi connectivity index (χ0) is 16.6. The fourth-order valence-corrected chi connectivity index (χ4v) is 3.62. The molecule has 2 atom stereocenters. The third-order valence-corrected chi connectivity index (χ3v) is 4.82. The fourth-order valence-electron chi connectivity index (χ4n) is 3.62. The summed E-state index contributed by atoms with van der Waals surface area (Å²) in [5, 5.41) is 4.46. The summed E-state index contributed by atoms with van der Waals surface area (Å²) >= 11 is 0. The van der Waals surface area contributed by atoms with Crippen LogP contribution in [0.3, 0.4) is 0 Å². The van der Waals surface area contributed by atoms with E-state index in [-0.39, 0.29) is 5.97 Å². The van der Waals surface area contributed by atoms with Gasteiger partial charge in [0.05, 0.1) is 18.2 Å². The second kappa shape index (κ2) is 6.24. The average molecular weight is 315 g/mol. The molecule has 124 valence electrons. The van der Waals surface area contributed by atoms with Crippen LogP contribution in [0.2, 0.25) is 0 Å². The van der Waals surface area contributed by atoms with Crippen LogP contribution in [0.15, 0.2) is 24.4 Å². The summed E-state index contributed by atoms with van der Waals surface area (Å²) < 4.78 is 6.87. The van der Waals surface area contributed by atoms with E-state index in [1.165, 1.54) is 12.8 Å². The summed E-state index contributed by atoms with van der Waals surface area (Å²) in [5.74, 6) is -0.287. The Morgan fingerprint density at radius 2 is 2.26 bits per heavy atom. The maximum absolute atomic E-state index is 11.9. The Balaban J connectivity index is 1.99. The Hall–Kier alpha value is -2.01.